The smallest absolute Gasteiger partial charge is 0.303 e. The summed E-state index contributed by atoms with van der Waals surface area (Å²) in [5, 5.41) is 8.71. The number of aliphatic carboxylic acids is 1. The van der Waals surface area contributed by atoms with Gasteiger partial charge in [-0.25, -0.2) is 0 Å². The third-order valence-electron chi connectivity index (χ3n) is 4.41. The Morgan fingerprint density at radius 2 is 1.19 bits per heavy atom. The maximum Gasteiger partial charge on any atom is 0.303 e. The van der Waals surface area contributed by atoms with Crippen molar-refractivity contribution < 1.29 is 14.7 Å². The van der Waals surface area contributed by atoms with Crippen LogP contribution in [0.5, 0.6) is 0 Å². The zero-order valence-electron chi connectivity index (χ0n) is 15.1. The lowest BCUT2D eigenvalue weighted by Gasteiger charge is -2.23. The van der Waals surface area contributed by atoms with Crippen LogP contribution in [0.3, 0.4) is 0 Å². The molecule has 0 aliphatic rings. The number of nitrogens with zero attached hydrogens (tertiary/aromatic N) is 1. The summed E-state index contributed by atoms with van der Waals surface area (Å²) in [6, 6.07) is 20.3. The zero-order valence-corrected chi connectivity index (χ0v) is 15.1. The van der Waals surface area contributed by atoms with Crippen LogP contribution < -0.4 is 0 Å². The molecule has 0 radical (unpaired) electrons. The zero-order chi connectivity index (χ0) is 18.6. The van der Waals surface area contributed by atoms with Crippen LogP contribution in [0.1, 0.15) is 36.8 Å². The molecular weight excluding hydrogens is 326 g/mol. The summed E-state index contributed by atoms with van der Waals surface area (Å²) in [6.45, 7) is 1.38. The summed E-state index contributed by atoms with van der Waals surface area (Å²) < 4.78 is 0. The number of benzene rings is 2. The van der Waals surface area contributed by atoms with Crippen molar-refractivity contribution in [2.45, 2.75) is 38.5 Å². The second-order valence-corrected chi connectivity index (χ2v) is 6.45. The van der Waals surface area contributed by atoms with Gasteiger partial charge >= 0.3 is 5.97 Å². The average molecular weight is 353 g/mol. The van der Waals surface area contributed by atoms with E-state index in [2.05, 4.69) is 24.3 Å². The molecule has 1 N–H and O–H groups in total. The molecule has 2 aromatic rings. The van der Waals surface area contributed by atoms with E-state index in [-0.39, 0.29) is 12.3 Å². The molecule has 0 heterocycles. The third-order valence-corrected chi connectivity index (χ3v) is 4.41. The van der Waals surface area contributed by atoms with Crippen LogP contribution in [0.2, 0.25) is 0 Å². The molecule has 2 rings (SSSR count). The largest absolute Gasteiger partial charge is 0.481 e. The second kappa shape index (κ2) is 11.1. The van der Waals surface area contributed by atoms with E-state index >= 15 is 0 Å². The van der Waals surface area contributed by atoms with Gasteiger partial charge in [0.15, 0.2) is 0 Å². The van der Waals surface area contributed by atoms with Crippen molar-refractivity contribution in [1.82, 2.24) is 4.90 Å². The monoisotopic (exact) mass is 353 g/mol. The predicted octanol–water partition coefficient (Wildman–Crippen LogP) is 3.95. The van der Waals surface area contributed by atoms with E-state index < -0.39 is 5.97 Å². The van der Waals surface area contributed by atoms with Gasteiger partial charge in [0.1, 0.15) is 0 Å². The van der Waals surface area contributed by atoms with Crippen molar-refractivity contribution in [3.05, 3.63) is 71.8 Å². The minimum Gasteiger partial charge on any atom is -0.481 e. The lowest BCUT2D eigenvalue weighted by atomic mass is 10.1. The first-order chi connectivity index (χ1) is 12.6. The van der Waals surface area contributed by atoms with Gasteiger partial charge in [-0.15, -0.1) is 0 Å². The summed E-state index contributed by atoms with van der Waals surface area (Å²) in [5.41, 5.74) is 2.44. The van der Waals surface area contributed by atoms with Crippen LogP contribution in [0.15, 0.2) is 60.7 Å². The summed E-state index contributed by atoms with van der Waals surface area (Å²) in [5.74, 6) is -0.690. The van der Waals surface area contributed by atoms with Crippen molar-refractivity contribution in [3.8, 4) is 0 Å². The topological polar surface area (TPSA) is 57.6 Å². The Balaban J connectivity index is 1.88. The quantitative estimate of drug-likeness (QED) is 0.622. The van der Waals surface area contributed by atoms with Crippen LogP contribution in [0.4, 0.5) is 0 Å². The Kier molecular flexibility index (Phi) is 8.40. The summed E-state index contributed by atoms with van der Waals surface area (Å²) >= 11 is 0. The number of amides is 1. The van der Waals surface area contributed by atoms with Crippen LogP contribution in [-0.2, 0) is 22.4 Å². The molecule has 1 amide bonds. The standard InChI is InChI=1S/C22H27NO3/c24-21(13-7-8-14-22(25)26)23(17-15-19-9-3-1-4-10-19)18-16-20-11-5-2-6-12-20/h1-6,9-12H,7-8,13-18H2,(H,25,26). The molecular formula is C22H27NO3. The highest BCUT2D eigenvalue weighted by atomic mass is 16.4. The summed E-state index contributed by atoms with van der Waals surface area (Å²) in [7, 11) is 0. The fourth-order valence-corrected chi connectivity index (χ4v) is 2.89. The van der Waals surface area contributed by atoms with Gasteiger partial charge in [0, 0.05) is 25.9 Å². The fraction of sp³-hybridized carbons (Fsp3) is 0.364. The Bertz CT molecular complexity index is 627. The molecule has 0 aliphatic heterocycles. The number of carbonyl (C=O) groups excluding carboxylic acids is 1. The summed E-state index contributed by atoms with van der Waals surface area (Å²) in [4.78, 5) is 25.1. The molecule has 0 spiro atoms. The van der Waals surface area contributed by atoms with E-state index in [1.807, 2.05) is 41.3 Å². The SMILES string of the molecule is O=C(O)CCCCC(=O)N(CCc1ccccc1)CCc1ccccc1. The van der Waals surface area contributed by atoms with Gasteiger partial charge in [0.2, 0.25) is 5.91 Å². The second-order valence-electron chi connectivity index (χ2n) is 6.45. The molecule has 0 saturated heterocycles. The van der Waals surface area contributed by atoms with Gasteiger partial charge in [0.05, 0.1) is 0 Å². The molecule has 26 heavy (non-hydrogen) atoms. The molecule has 4 heteroatoms. The third kappa shape index (κ3) is 7.51. The first-order valence-electron chi connectivity index (χ1n) is 9.22. The van der Waals surface area contributed by atoms with Crippen molar-refractivity contribution in [3.63, 3.8) is 0 Å². The minimum atomic E-state index is -0.803. The molecule has 2 aromatic carbocycles. The Labute approximate surface area is 155 Å². The predicted molar refractivity (Wildman–Crippen MR) is 103 cm³/mol. The van der Waals surface area contributed by atoms with E-state index in [0.29, 0.717) is 32.4 Å². The van der Waals surface area contributed by atoms with E-state index in [0.717, 1.165) is 12.8 Å². The van der Waals surface area contributed by atoms with Gasteiger partial charge in [-0.3, -0.25) is 9.59 Å². The number of carboxylic acid groups (broad SMARTS) is 1. The summed E-state index contributed by atoms with van der Waals surface area (Å²) in [6.07, 6.45) is 3.37. The molecule has 0 saturated carbocycles. The van der Waals surface area contributed by atoms with Crippen molar-refractivity contribution in [1.29, 1.82) is 0 Å². The number of unbranched alkanes of at least 4 members (excludes halogenated alkanes) is 1. The maximum absolute atomic E-state index is 12.6. The Morgan fingerprint density at radius 1 is 0.731 bits per heavy atom. The van der Waals surface area contributed by atoms with Crippen molar-refractivity contribution in [2.24, 2.45) is 0 Å². The van der Waals surface area contributed by atoms with Crippen LogP contribution in [0.25, 0.3) is 0 Å². The molecule has 0 fully saturated rings. The van der Waals surface area contributed by atoms with Gasteiger partial charge in [-0.2, -0.15) is 0 Å². The molecule has 0 atom stereocenters. The average Bonchev–Trinajstić information content (AvgIpc) is 2.66. The van der Waals surface area contributed by atoms with E-state index in [1.165, 1.54) is 11.1 Å². The maximum atomic E-state index is 12.6. The Hall–Kier alpha value is -2.62. The van der Waals surface area contributed by atoms with Crippen LogP contribution in [0, 0.1) is 0 Å². The number of hydrogen-bond donors (Lipinski definition) is 1. The molecule has 0 unspecified atom stereocenters. The van der Waals surface area contributed by atoms with E-state index in [9.17, 15) is 9.59 Å². The highest BCUT2D eigenvalue weighted by Gasteiger charge is 2.13. The lowest BCUT2D eigenvalue weighted by molar-refractivity contribution is -0.137. The first-order valence-corrected chi connectivity index (χ1v) is 9.22. The molecule has 4 nitrogen and oxygen atoms in total. The normalized spacial score (nSPS) is 10.5. The molecule has 0 bridgehead atoms. The Morgan fingerprint density at radius 3 is 1.65 bits per heavy atom. The van der Waals surface area contributed by atoms with Gasteiger partial charge in [-0.1, -0.05) is 60.7 Å². The van der Waals surface area contributed by atoms with Crippen molar-refractivity contribution >= 4 is 11.9 Å². The lowest BCUT2D eigenvalue weighted by Crippen LogP contribution is -2.34. The molecule has 0 aliphatic carbocycles. The van der Waals surface area contributed by atoms with Gasteiger partial charge < -0.3 is 10.0 Å². The highest BCUT2D eigenvalue weighted by molar-refractivity contribution is 5.76. The fourth-order valence-electron chi connectivity index (χ4n) is 2.89. The molecule has 0 aromatic heterocycles. The van der Waals surface area contributed by atoms with Gasteiger partial charge in [-0.05, 0) is 36.8 Å². The number of carboxylic acids is 1. The minimum absolute atomic E-state index is 0.113. The highest BCUT2D eigenvalue weighted by Crippen LogP contribution is 2.09. The van der Waals surface area contributed by atoms with Gasteiger partial charge in [0.25, 0.3) is 0 Å². The van der Waals surface area contributed by atoms with Crippen LogP contribution >= 0.6 is 0 Å². The van der Waals surface area contributed by atoms with Crippen LogP contribution in [-0.4, -0.2) is 35.0 Å². The first kappa shape index (κ1) is 19.7. The number of hydrogen-bond acceptors (Lipinski definition) is 2. The number of rotatable bonds is 11. The molecule has 138 valence electrons. The van der Waals surface area contributed by atoms with E-state index in [1.54, 1.807) is 0 Å². The van der Waals surface area contributed by atoms with Crippen molar-refractivity contribution in [2.75, 3.05) is 13.1 Å². The van der Waals surface area contributed by atoms with E-state index in [4.69, 9.17) is 5.11 Å². The number of carbonyl (C=O) groups is 2.